The van der Waals surface area contributed by atoms with Crippen LogP contribution in [0.2, 0.25) is 5.02 Å². The average molecular weight is 373 g/mol. The highest BCUT2D eigenvalue weighted by Gasteiger charge is 2.29. The van der Waals surface area contributed by atoms with Crippen LogP contribution < -0.4 is 14.5 Å². The van der Waals surface area contributed by atoms with E-state index in [1.54, 1.807) is 49.4 Å². The van der Waals surface area contributed by atoms with Crippen molar-refractivity contribution in [2.75, 3.05) is 19.2 Å². The Morgan fingerprint density at radius 1 is 1.15 bits per heavy atom. The fraction of sp³-hybridized carbons (Fsp3) is 0.158. The van der Waals surface area contributed by atoms with E-state index in [-0.39, 0.29) is 23.2 Å². The number of nitrogens with zero attached hydrogens (tertiary/aromatic N) is 2. The van der Waals surface area contributed by atoms with E-state index in [0.29, 0.717) is 27.6 Å². The van der Waals surface area contributed by atoms with Gasteiger partial charge < -0.3 is 14.6 Å². The Morgan fingerprint density at radius 2 is 1.81 bits per heavy atom. The molecule has 1 aliphatic rings. The molecule has 2 aromatic carbocycles. The van der Waals surface area contributed by atoms with Crippen molar-refractivity contribution in [2.45, 2.75) is 6.92 Å². The lowest BCUT2D eigenvalue weighted by Crippen LogP contribution is -2.21. The first-order valence-corrected chi connectivity index (χ1v) is 8.14. The third-order valence-electron chi connectivity index (χ3n) is 3.93. The van der Waals surface area contributed by atoms with Crippen molar-refractivity contribution >= 4 is 35.0 Å². The number of phenols is 1. The lowest BCUT2D eigenvalue weighted by Gasteiger charge is -2.12. The largest absolute Gasteiger partial charge is 0.502 e. The van der Waals surface area contributed by atoms with Gasteiger partial charge in [-0.25, -0.2) is 0 Å². The van der Waals surface area contributed by atoms with E-state index >= 15 is 0 Å². The first kappa shape index (κ1) is 17.8. The minimum atomic E-state index is -0.268. The third kappa shape index (κ3) is 3.23. The second kappa shape index (κ2) is 7.09. The summed E-state index contributed by atoms with van der Waals surface area (Å²) < 4.78 is 10.3. The third-order valence-corrected chi connectivity index (χ3v) is 4.16. The number of methoxy groups -OCH3 is 2. The van der Waals surface area contributed by atoms with Crippen molar-refractivity contribution in [1.82, 2.24) is 0 Å². The number of anilines is 1. The highest BCUT2D eigenvalue weighted by molar-refractivity contribution is 6.33. The van der Waals surface area contributed by atoms with Crippen LogP contribution in [0.1, 0.15) is 12.5 Å². The van der Waals surface area contributed by atoms with E-state index in [4.69, 9.17) is 21.1 Å². The molecule has 1 amide bonds. The summed E-state index contributed by atoms with van der Waals surface area (Å²) in [6.45, 7) is 1.75. The van der Waals surface area contributed by atoms with Gasteiger partial charge in [-0.1, -0.05) is 17.7 Å². The molecule has 0 saturated heterocycles. The summed E-state index contributed by atoms with van der Waals surface area (Å²) in [7, 11) is 2.89. The summed E-state index contributed by atoms with van der Waals surface area (Å²) in [5, 5.41) is 16.2. The Bertz CT molecular complexity index is 912. The maximum atomic E-state index is 12.8. The maximum Gasteiger partial charge on any atom is 0.280 e. The molecule has 0 aliphatic carbocycles. The van der Waals surface area contributed by atoms with Crippen molar-refractivity contribution < 1.29 is 19.4 Å². The SMILES string of the molecule is COc1cc(/C=C2\C(=O)N(c3cccc(Cl)c3)N=C2C)cc(OC)c1O. The molecule has 0 fully saturated rings. The van der Waals surface area contributed by atoms with E-state index in [2.05, 4.69) is 5.10 Å². The van der Waals surface area contributed by atoms with Crippen LogP contribution in [0, 0.1) is 0 Å². The number of carbonyl (C=O) groups is 1. The van der Waals surface area contributed by atoms with Crippen LogP contribution in [0.3, 0.4) is 0 Å². The van der Waals surface area contributed by atoms with Crippen LogP contribution in [0.5, 0.6) is 17.2 Å². The van der Waals surface area contributed by atoms with Crippen LogP contribution in [-0.4, -0.2) is 30.9 Å². The number of hydrogen-bond acceptors (Lipinski definition) is 5. The van der Waals surface area contributed by atoms with Gasteiger partial charge >= 0.3 is 0 Å². The standard InChI is InChI=1S/C19H17ClN2O4/c1-11-15(7-12-8-16(25-2)18(23)17(9-12)26-3)19(24)22(21-11)14-6-4-5-13(20)10-14/h4-10,23H,1-3H3/b15-7-. The zero-order valence-electron chi connectivity index (χ0n) is 14.5. The normalized spacial score (nSPS) is 15.4. The van der Waals surface area contributed by atoms with Crippen LogP contribution in [0.25, 0.3) is 6.08 Å². The molecule has 0 spiro atoms. The molecular formula is C19H17ClN2O4. The molecule has 0 bridgehead atoms. The molecule has 0 unspecified atom stereocenters. The Balaban J connectivity index is 2.00. The van der Waals surface area contributed by atoms with Crippen LogP contribution in [0.15, 0.2) is 47.1 Å². The van der Waals surface area contributed by atoms with Crippen LogP contribution >= 0.6 is 11.6 Å². The van der Waals surface area contributed by atoms with Gasteiger partial charge in [0.15, 0.2) is 11.5 Å². The number of amides is 1. The molecule has 0 aromatic heterocycles. The number of aromatic hydroxyl groups is 1. The van der Waals surface area contributed by atoms with Crippen molar-refractivity contribution in [2.24, 2.45) is 5.10 Å². The average Bonchev–Trinajstić information content (AvgIpc) is 2.91. The van der Waals surface area contributed by atoms with Crippen LogP contribution in [-0.2, 0) is 4.79 Å². The molecule has 0 radical (unpaired) electrons. The van der Waals surface area contributed by atoms with Crippen molar-refractivity contribution in [3.05, 3.63) is 52.6 Å². The molecule has 26 heavy (non-hydrogen) atoms. The van der Waals surface area contributed by atoms with Gasteiger partial charge in [0.05, 0.1) is 31.2 Å². The van der Waals surface area contributed by atoms with Gasteiger partial charge in [0.25, 0.3) is 5.91 Å². The monoisotopic (exact) mass is 372 g/mol. The lowest BCUT2D eigenvalue weighted by atomic mass is 10.1. The number of hydrogen-bond donors (Lipinski definition) is 1. The summed E-state index contributed by atoms with van der Waals surface area (Å²) in [4.78, 5) is 12.8. The molecule has 2 aromatic rings. The Morgan fingerprint density at radius 3 is 2.38 bits per heavy atom. The number of halogens is 1. The number of phenolic OH excluding ortho intramolecular Hbond substituents is 1. The second-order valence-corrected chi connectivity index (χ2v) is 6.05. The molecule has 1 heterocycles. The highest BCUT2D eigenvalue weighted by atomic mass is 35.5. The van der Waals surface area contributed by atoms with Gasteiger partial charge in [-0.2, -0.15) is 10.1 Å². The Hall–Kier alpha value is -2.99. The molecule has 7 heteroatoms. The van der Waals surface area contributed by atoms with Gasteiger partial charge in [0, 0.05) is 5.02 Å². The number of benzene rings is 2. The minimum Gasteiger partial charge on any atom is -0.502 e. The van der Waals surface area contributed by atoms with Gasteiger partial charge in [0.1, 0.15) is 0 Å². The number of rotatable bonds is 4. The van der Waals surface area contributed by atoms with E-state index in [1.807, 2.05) is 0 Å². The molecule has 1 aliphatic heterocycles. The zero-order chi connectivity index (χ0) is 18.8. The number of hydrazone groups is 1. The van der Waals surface area contributed by atoms with Crippen molar-refractivity contribution in [1.29, 1.82) is 0 Å². The molecule has 0 atom stereocenters. The highest BCUT2D eigenvalue weighted by Crippen LogP contribution is 2.38. The fourth-order valence-electron chi connectivity index (χ4n) is 2.63. The molecule has 1 N–H and O–H groups in total. The minimum absolute atomic E-state index is 0.0964. The van der Waals surface area contributed by atoms with E-state index in [9.17, 15) is 9.90 Å². The van der Waals surface area contributed by atoms with Gasteiger partial charge in [0.2, 0.25) is 5.75 Å². The van der Waals surface area contributed by atoms with Gasteiger partial charge in [-0.3, -0.25) is 4.79 Å². The summed E-state index contributed by atoms with van der Waals surface area (Å²) in [6, 6.07) is 10.2. The van der Waals surface area contributed by atoms with Crippen molar-refractivity contribution in [3.8, 4) is 17.2 Å². The molecule has 0 saturated carbocycles. The summed E-state index contributed by atoms with van der Waals surface area (Å²) in [6.07, 6.45) is 1.68. The first-order chi connectivity index (χ1) is 12.4. The van der Waals surface area contributed by atoms with Crippen LogP contribution in [0.4, 0.5) is 5.69 Å². The topological polar surface area (TPSA) is 71.4 Å². The second-order valence-electron chi connectivity index (χ2n) is 5.61. The quantitative estimate of drug-likeness (QED) is 0.827. The van der Waals surface area contributed by atoms with Crippen molar-refractivity contribution in [3.63, 3.8) is 0 Å². The molecule has 134 valence electrons. The summed E-state index contributed by atoms with van der Waals surface area (Å²) >= 11 is 6.00. The van der Waals surface area contributed by atoms with E-state index in [1.165, 1.54) is 19.2 Å². The molecule has 6 nitrogen and oxygen atoms in total. The lowest BCUT2D eigenvalue weighted by molar-refractivity contribution is -0.114. The summed E-state index contributed by atoms with van der Waals surface area (Å²) in [5.41, 5.74) is 2.23. The van der Waals surface area contributed by atoms with Gasteiger partial charge in [-0.05, 0) is 48.9 Å². The summed E-state index contributed by atoms with van der Waals surface area (Å²) in [5.74, 6) is 0.141. The molecule has 3 rings (SSSR count). The Kier molecular flexibility index (Phi) is 4.86. The smallest absolute Gasteiger partial charge is 0.280 e. The Labute approximate surface area is 155 Å². The van der Waals surface area contributed by atoms with Gasteiger partial charge in [-0.15, -0.1) is 0 Å². The molecular weight excluding hydrogens is 356 g/mol. The maximum absolute atomic E-state index is 12.8. The zero-order valence-corrected chi connectivity index (χ0v) is 15.2. The number of carbonyl (C=O) groups excluding carboxylic acids is 1. The van der Waals surface area contributed by atoms with E-state index < -0.39 is 0 Å². The van der Waals surface area contributed by atoms with E-state index in [0.717, 1.165) is 0 Å². The fourth-order valence-corrected chi connectivity index (χ4v) is 2.82. The first-order valence-electron chi connectivity index (χ1n) is 7.77. The predicted octanol–water partition coefficient (Wildman–Crippen LogP) is 3.87. The number of ether oxygens (including phenoxy) is 2. The predicted molar refractivity (Wildman–Crippen MR) is 101 cm³/mol.